The van der Waals surface area contributed by atoms with Crippen LogP contribution >= 0.6 is 0 Å². The van der Waals surface area contributed by atoms with Gasteiger partial charge in [-0.3, -0.25) is 0 Å². The van der Waals surface area contributed by atoms with E-state index in [9.17, 15) is 0 Å². The van der Waals surface area contributed by atoms with Gasteiger partial charge in [0.05, 0.1) is 21.9 Å². The third-order valence-electron chi connectivity index (χ3n) is 15.9. The Morgan fingerprint density at radius 1 is 0.217 bits per heavy atom. The number of nitrogens with zero attached hydrogens (tertiary/aromatic N) is 1. The molecule has 0 fully saturated rings. The molecule has 11 aromatic carbocycles. The predicted molar refractivity (Wildman–Crippen MR) is 285 cm³/mol. The zero-order valence-corrected chi connectivity index (χ0v) is 37.8. The first-order valence-electron chi connectivity index (χ1n) is 24.2. The molecule has 1 aromatic heterocycles. The van der Waals surface area contributed by atoms with E-state index >= 15 is 0 Å². The number of fused-ring (bicyclic) bond motifs is 19. The van der Waals surface area contributed by atoms with Crippen LogP contribution in [0.4, 0.5) is 0 Å². The van der Waals surface area contributed by atoms with Crippen molar-refractivity contribution in [3.05, 3.63) is 305 Å². The largest absolute Gasteiger partial charge is 0.309 e. The zero-order valence-electron chi connectivity index (χ0n) is 37.8. The maximum Gasteiger partial charge on any atom is 0.0720 e. The van der Waals surface area contributed by atoms with Gasteiger partial charge in [-0.15, -0.1) is 0 Å². The van der Waals surface area contributed by atoms with Gasteiger partial charge in [-0.05, 0) is 149 Å². The van der Waals surface area contributed by atoms with Crippen LogP contribution in [0.5, 0.6) is 0 Å². The van der Waals surface area contributed by atoms with E-state index in [0.717, 1.165) is 5.69 Å². The average Bonchev–Trinajstić information content (AvgIpc) is 4.03. The van der Waals surface area contributed by atoms with Gasteiger partial charge >= 0.3 is 0 Å². The van der Waals surface area contributed by atoms with Crippen molar-refractivity contribution in [2.24, 2.45) is 0 Å². The Morgan fingerprint density at radius 2 is 0.565 bits per heavy atom. The summed E-state index contributed by atoms with van der Waals surface area (Å²) >= 11 is 0. The Kier molecular flexibility index (Phi) is 7.98. The van der Waals surface area contributed by atoms with Gasteiger partial charge in [-0.2, -0.15) is 0 Å². The lowest BCUT2D eigenvalue weighted by molar-refractivity contribution is 0.633. The van der Waals surface area contributed by atoms with E-state index in [1.807, 2.05) is 0 Å². The molecule has 0 unspecified atom stereocenters. The van der Waals surface area contributed by atoms with Crippen molar-refractivity contribution >= 4 is 21.8 Å². The van der Waals surface area contributed by atoms with Crippen molar-refractivity contribution in [1.29, 1.82) is 0 Å². The van der Waals surface area contributed by atoms with Crippen LogP contribution in [0.3, 0.4) is 0 Å². The van der Waals surface area contributed by atoms with Gasteiger partial charge < -0.3 is 4.57 Å². The highest BCUT2D eigenvalue weighted by atomic mass is 15.0. The van der Waals surface area contributed by atoms with Crippen molar-refractivity contribution in [1.82, 2.24) is 4.57 Å². The molecule has 3 aliphatic rings. The summed E-state index contributed by atoms with van der Waals surface area (Å²) in [6.07, 6.45) is 0. The van der Waals surface area contributed by atoms with Crippen molar-refractivity contribution in [3.8, 4) is 61.3 Å². The van der Waals surface area contributed by atoms with Crippen LogP contribution in [0.15, 0.2) is 261 Å². The van der Waals surface area contributed by atoms with Crippen LogP contribution in [-0.4, -0.2) is 4.57 Å². The summed E-state index contributed by atoms with van der Waals surface area (Å²) < 4.78 is 2.41. The molecule has 3 aliphatic carbocycles. The molecule has 1 heteroatoms. The van der Waals surface area contributed by atoms with E-state index in [1.54, 1.807) is 0 Å². The summed E-state index contributed by atoms with van der Waals surface area (Å²) in [6, 6.07) is 98.0. The fraction of sp³-hybridized carbons (Fsp3) is 0.0294. The van der Waals surface area contributed by atoms with Crippen LogP contribution in [0, 0.1) is 0 Å². The first kappa shape index (κ1) is 38.3. The van der Waals surface area contributed by atoms with Crippen LogP contribution in [0.25, 0.3) is 83.1 Å². The Morgan fingerprint density at radius 3 is 1.07 bits per heavy atom. The molecule has 0 amide bonds. The molecule has 0 aliphatic heterocycles. The van der Waals surface area contributed by atoms with Gasteiger partial charge in [0.25, 0.3) is 0 Å². The lowest BCUT2D eigenvalue weighted by Gasteiger charge is -2.48. The summed E-state index contributed by atoms with van der Waals surface area (Å²) in [5.74, 6) is 0. The molecular formula is C68H43N. The molecule has 0 atom stereocenters. The topological polar surface area (TPSA) is 4.93 Å². The Bertz CT molecular complexity index is 3980. The summed E-state index contributed by atoms with van der Waals surface area (Å²) in [4.78, 5) is 0. The van der Waals surface area contributed by atoms with Gasteiger partial charge in [0.1, 0.15) is 0 Å². The maximum atomic E-state index is 2.47. The number of aromatic nitrogens is 1. The number of hydrogen-bond acceptors (Lipinski definition) is 0. The van der Waals surface area contributed by atoms with Crippen molar-refractivity contribution in [3.63, 3.8) is 0 Å². The molecule has 15 rings (SSSR count). The number of para-hydroxylation sites is 1. The third kappa shape index (κ3) is 5.09. The van der Waals surface area contributed by atoms with Gasteiger partial charge in [0.15, 0.2) is 0 Å². The molecule has 12 aromatic rings. The molecule has 320 valence electrons. The minimum Gasteiger partial charge on any atom is -0.309 e. The molecular weight excluding hydrogens is 831 g/mol. The molecule has 1 heterocycles. The van der Waals surface area contributed by atoms with Crippen LogP contribution in [0.2, 0.25) is 0 Å². The smallest absolute Gasteiger partial charge is 0.0720 e. The summed E-state index contributed by atoms with van der Waals surface area (Å²) in [5, 5.41) is 2.49. The second-order valence-electron chi connectivity index (χ2n) is 19.1. The SMILES string of the molecule is c1ccc(-c2ccc3c(c2)c2cc(-c4cccc(-c5ccc6c(c5)-c5ccccc5C65c6ccccc6C6(c7ccccc7-c7ccccc76)c6ccccc65)c4)ccc2n3-c2ccccc2)cc1. The van der Waals surface area contributed by atoms with Crippen LogP contribution in [0.1, 0.15) is 44.5 Å². The highest BCUT2D eigenvalue weighted by Gasteiger charge is 2.58. The van der Waals surface area contributed by atoms with E-state index in [2.05, 4.69) is 265 Å². The molecule has 2 spiro atoms. The normalized spacial score (nSPS) is 14.0. The fourth-order valence-corrected chi connectivity index (χ4v) is 13.2. The molecule has 0 bridgehead atoms. The average molecular weight is 874 g/mol. The van der Waals surface area contributed by atoms with E-state index in [4.69, 9.17) is 0 Å². The van der Waals surface area contributed by atoms with E-state index in [0.29, 0.717) is 0 Å². The van der Waals surface area contributed by atoms with Crippen molar-refractivity contribution in [2.75, 3.05) is 0 Å². The number of hydrogen-bond donors (Lipinski definition) is 0. The fourth-order valence-electron chi connectivity index (χ4n) is 13.2. The molecule has 0 N–H and O–H groups in total. The molecule has 0 saturated heterocycles. The van der Waals surface area contributed by atoms with Crippen molar-refractivity contribution < 1.29 is 0 Å². The number of benzene rings is 11. The molecule has 69 heavy (non-hydrogen) atoms. The first-order chi connectivity index (χ1) is 34.2. The second-order valence-corrected chi connectivity index (χ2v) is 19.1. The highest BCUT2D eigenvalue weighted by Crippen LogP contribution is 2.67. The second kappa shape index (κ2) is 14.4. The Balaban J connectivity index is 0.900. The Labute approximate surface area is 401 Å². The highest BCUT2D eigenvalue weighted by molar-refractivity contribution is 6.12. The molecule has 1 nitrogen and oxygen atoms in total. The van der Waals surface area contributed by atoms with E-state index < -0.39 is 10.8 Å². The molecule has 0 radical (unpaired) electrons. The van der Waals surface area contributed by atoms with E-state index in [-0.39, 0.29) is 0 Å². The lowest BCUT2D eigenvalue weighted by atomic mass is 9.52. The van der Waals surface area contributed by atoms with Gasteiger partial charge in [-0.1, -0.05) is 212 Å². The predicted octanol–water partition coefficient (Wildman–Crippen LogP) is 16.8. The summed E-state index contributed by atoms with van der Waals surface area (Å²) in [6.45, 7) is 0. The number of rotatable bonds is 4. The summed E-state index contributed by atoms with van der Waals surface area (Å²) in [5.41, 5.74) is 25.9. The third-order valence-corrected chi connectivity index (χ3v) is 15.9. The quantitative estimate of drug-likeness (QED) is 0.166. The zero-order chi connectivity index (χ0) is 45.3. The van der Waals surface area contributed by atoms with Crippen molar-refractivity contribution in [2.45, 2.75) is 10.8 Å². The standard InChI is InChI=1S/C68H43N/c1-3-18-44(19-4-1)47-35-38-65-55(42-47)56-43-49(36-39-66(56)69(65)50-22-5-2-6-23-50)46-21-17-20-45(40-46)48-34-37-60-54(41-48)53-26-9-12-29-59(53)68(60)63-32-15-13-30-61(63)67(62-31-14-16-33-64(62)68)57-27-10-7-24-51(57)52-25-8-11-28-58(52)67/h1-43H. The van der Waals surface area contributed by atoms with Gasteiger partial charge in [0.2, 0.25) is 0 Å². The lowest BCUT2D eigenvalue weighted by Crippen LogP contribution is -2.43. The Hall–Kier alpha value is -8.78. The minimum absolute atomic E-state index is 0.451. The maximum absolute atomic E-state index is 2.47. The van der Waals surface area contributed by atoms with Gasteiger partial charge in [0, 0.05) is 16.5 Å². The minimum atomic E-state index is -0.508. The van der Waals surface area contributed by atoms with Crippen LogP contribution < -0.4 is 0 Å². The first-order valence-corrected chi connectivity index (χ1v) is 24.2. The monoisotopic (exact) mass is 873 g/mol. The van der Waals surface area contributed by atoms with Gasteiger partial charge in [-0.25, -0.2) is 0 Å². The summed E-state index contributed by atoms with van der Waals surface area (Å²) in [7, 11) is 0. The van der Waals surface area contributed by atoms with Crippen LogP contribution in [-0.2, 0) is 10.8 Å². The molecule has 0 saturated carbocycles. The van der Waals surface area contributed by atoms with E-state index in [1.165, 1.54) is 122 Å².